The van der Waals surface area contributed by atoms with Gasteiger partial charge in [0.15, 0.2) is 0 Å². The molecule has 0 amide bonds. The van der Waals surface area contributed by atoms with Crippen LogP contribution in [0.3, 0.4) is 0 Å². The van der Waals surface area contributed by atoms with Gasteiger partial charge in [0, 0.05) is 18.2 Å². The largest absolute Gasteiger partial charge is 0.481 e. The number of carboxylic acids is 1. The van der Waals surface area contributed by atoms with Crippen LogP contribution in [0.15, 0.2) is 0 Å². The molecule has 0 rings (SSSR count). The SMILES string of the molecule is CCS(=O)(=O)CCCN(CCCC(=O)O)C(C)C. The van der Waals surface area contributed by atoms with E-state index in [-0.39, 0.29) is 17.9 Å². The average molecular weight is 279 g/mol. The molecule has 0 atom stereocenters. The van der Waals surface area contributed by atoms with Gasteiger partial charge in [0.25, 0.3) is 0 Å². The maximum absolute atomic E-state index is 11.4. The summed E-state index contributed by atoms with van der Waals surface area (Å²) < 4.78 is 22.7. The van der Waals surface area contributed by atoms with E-state index >= 15 is 0 Å². The normalized spacial score (nSPS) is 12.3. The Kier molecular flexibility index (Phi) is 8.18. The molecule has 108 valence electrons. The predicted molar refractivity (Wildman–Crippen MR) is 72.5 cm³/mol. The topological polar surface area (TPSA) is 74.7 Å². The Morgan fingerprint density at radius 1 is 1.22 bits per heavy atom. The van der Waals surface area contributed by atoms with Crippen LogP contribution in [0.1, 0.15) is 40.0 Å². The second kappa shape index (κ2) is 8.48. The predicted octanol–water partition coefficient (Wildman–Crippen LogP) is 1.39. The highest BCUT2D eigenvalue weighted by Crippen LogP contribution is 2.04. The van der Waals surface area contributed by atoms with Crippen LogP contribution in [0.25, 0.3) is 0 Å². The summed E-state index contributed by atoms with van der Waals surface area (Å²) in [6.07, 6.45) is 1.38. The quantitative estimate of drug-likeness (QED) is 0.654. The summed E-state index contributed by atoms with van der Waals surface area (Å²) in [5.74, 6) is -0.383. The molecule has 0 aliphatic carbocycles. The first-order valence-corrected chi connectivity index (χ1v) is 8.27. The van der Waals surface area contributed by atoms with Crippen LogP contribution in [-0.2, 0) is 14.6 Å². The minimum absolute atomic E-state index is 0.163. The van der Waals surface area contributed by atoms with Crippen LogP contribution in [0.2, 0.25) is 0 Å². The Balaban J connectivity index is 4.01. The maximum atomic E-state index is 11.4. The van der Waals surface area contributed by atoms with Gasteiger partial charge in [-0.1, -0.05) is 6.92 Å². The minimum atomic E-state index is -2.90. The van der Waals surface area contributed by atoms with E-state index in [1.54, 1.807) is 6.92 Å². The Hall–Kier alpha value is -0.620. The first kappa shape index (κ1) is 17.4. The van der Waals surface area contributed by atoms with Crippen molar-refractivity contribution in [1.82, 2.24) is 4.90 Å². The number of sulfone groups is 1. The standard InChI is InChI=1S/C12H25NO4S/c1-4-18(16,17)10-6-9-13(11(2)3)8-5-7-12(14)15/h11H,4-10H2,1-3H3,(H,14,15). The highest BCUT2D eigenvalue weighted by Gasteiger charge is 2.12. The molecule has 0 aromatic carbocycles. The lowest BCUT2D eigenvalue weighted by Crippen LogP contribution is -2.34. The van der Waals surface area contributed by atoms with Crippen molar-refractivity contribution in [1.29, 1.82) is 0 Å². The van der Waals surface area contributed by atoms with Crippen molar-refractivity contribution in [2.24, 2.45) is 0 Å². The van der Waals surface area contributed by atoms with Gasteiger partial charge < -0.3 is 10.0 Å². The van der Waals surface area contributed by atoms with Crippen molar-refractivity contribution >= 4 is 15.8 Å². The van der Waals surface area contributed by atoms with Crippen molar-refractivity contribution in [2.45, 2.75) is 46.1 Å². The Morgan fingerprint density at radius 2 is 1.78 bits per heavy atom. The van der Waals surface area contributed by atoms with Crippen molar-refractivity contribution in [2.75, 3.05) is 24.6 Å². The number of carbonyl (C=O) groups is 1. The molecule has 0 aliphatic heterocycles. The molecule has 0 radical (unpaired) electrons. The monoisotopic (exact) mass is 279 g/mol. The molecule has 6 heteroatoms. The molecule has 18 heavy (non-hydrogen) atoms. The fourth-order valence-corrected chi connectivity index (χ4v) is 2.55. The smallest absolute Gasteiger partial charge is 0.303 e. The van der Waals surface area contributed by atoms with E-state index < -0.39 is 15.8 Å². The lowest BCUT2D eigenvalue weighted by molar-refractivity contribution is -0.137. The summed E-state index contributed by atoms with van der Waals surface area (Å²) in [4.78, 5) is 12.6. The molecule has 5 nitrogen and oxygen atoms in total. The molecule has 0 saturated carbocycles. The fraction of sp³-hybridized carbons (Fsp3) is 0.917. The van der Waals surface area contributed by atoms with E-state index in [0.717, 1.165) is 0 Å². The van der Waals surface area contributed by atoms with Gasteiger partial charge in [-0.2, -0.15) is 0 Å². The summed E-state index contributed by atoms with van der Waals surface area (Å²) in [5.41, 5.74) is 0. The van der Waals surface area contributed by atoms with Gasteiger partial charge in [0.05, 0.1) is 5.75 Å². The van der Waals surface area contributed by atoms with Gasteiger partial charge in [-0.05, 0) is 39.8 Å². The lowest BCUT2D eigenvalue weighted by Gasteiger charge is -2.26. The highest BCUT2D eigenvalue weighted by molar-refractivity contribution is 7.91. The van der Waals surface area contributed by atoms with Gasteiger partial charge in [0.1, 0.15) is 9.84 Å². The number of carboxylic acid groups (broad SMARTS) is 1. The number of nitrogens with zero attached hydrogens (tertiary/aromatic N) is 1. The van der Waals surface area contributed by atoms with Crippen LogP contribution in [0.4, 0.5) is 0 Å². The van der Waals surface area contributed by atoms with Crippen molar-refractivity contribution in [3.05, 3.63) is 0 Å². The molecule has 0 fully saturated rings. The Bertz CT molecular complexity index is 338. The number of aliphatic carboxylic acids is 1. The van der Waals surface area contributed by atoms with Crippen LogP contribution in [0, 0.1) is 0 Å². The van der Waals surface area contributed by atoms with E-state index in [1.165, 1.54) is 0 Å². The van der Waals surface area contributed by atoms with Gasteiger partial charge in [-0.15, -0.1) is 0 Å². The van der Waals surface area contributed by atoms with Gasteiger partial charge in [-0.3, -0.25) is 4.79 Å². The zero-order chi connectivity index (χ0) is 14.2. The van der Waals surface area contributed by atoms with Crippen LogP contribution in [-0.4, -0.2) is 55.0 Å². The molecular weight excluding hydrogens is 254 g/mol. The summed E-state index contributed by atoms with van der Waals surface area (Å²) >= 11 is 0. The molecule has 0 aliphatic rings. The Morgan fingerprint density at radius 3 is 2.22 bits per heavy atom. The second-order valence-electron chi connectivity index (χ2n) is 4.72. The van der Waals surface area contributed by atoms with Crippen LogP contribution in [0.5, 0.6) is 0 Å². The van der Waals surface area contributed by atoms with Crippen molar-refractivity contribution in [3.63, 3.8) is 0 Å². The average Bonchev–Trinajstić information content (AvgIpc) is 2.26. The summed E-state index contributed by atoms with van der Waals surface area (Å²) in [6, 6.07) is 0.308. The molecule has 0 unspecified atom stereocenters. The molecule has 0 saturated heterocycles. The number of hydrogen-bond acceptors (Lipinski definition) is 4. The van der Waals surface area contributed by atoms with Crippen molar-refractivity contribution in [3.8, 4) is 0 Å². The van der Waals surface area contributed by atoms with Crippen LogP contribution >= 0.6 is 0 Å². The van der Waals surface area contributed by atoms with E-state index in [0.29, 0.717) is 32.0 Å². The number of rotatable bonds is 10. The molecule has 0 bridgehead atoms. The van der Waals surface area contributed by atoms with Gasteiger partial charge in [0.2, 0.25) is 0 Å². The zero-order valence-electron chi connectivity index (χ0n) is 11.6. The molecular formula is C12H25NO4S. The lowest BCUT2D eigenvalue weighted by atomic mass is 10.2. The first-order valence-electron chi connectivity index (χ1n) is 6.44. The zero-order valence-corrected chi connectivity index (χ0v) is 12.4. The summed E-state index contributed by atoms with van der Waals surface area (Å²) in [5, 5.41) is 8.58. The second-order valence-corrected chi connectivity index (χ2v) is 7.19. The summed E-state index contributed by atoms with van der Waals surface area (Å²) in [6.45, 7) is 7.14. The molecule has 0 spiro atoms. The molecule has 0 heterocycles. The van der Waals surface area contributed by atoms with Crippen LogP contribution < -0.4 is 0 Å². The third kappa shape index (κ3) is 8.47. The minimum Gasteiger partial charge on any atom is -0.481 e. The van der Waals surface area contributed by atoms with E-state index in [4.69, 9.17) is 5.11 Å². The third-order valence-corrected chi connectivity index (χ3v) is 4.70. The van der Waals surface area contributed by atoms with E-state index in [1.807, 2.05) is 13.8 Å². The van der Waals surface area contributed by atoms with E-state index in [9.17, 15) is 13.2 Å². The van der Waals surface area contributed by atoms with Gasteiger partial charge in [-0.25, -0.2) is 8.42 Å². The molecule has 0 aromatic rings. The fourth-order valence-electron chi connectivity index (χ4n) is 1.69. The molecule has 1 N–H and O–H groups in total. The maximum Gasteiger partial charge on any atom is 0.303 e. The Labute approximate surface area is 110 Å². The van der Waals surface area contributed by atoms with Crippen molar-refractivity contribution < 1.29 is 18.3 Å². The van der Waals surface area contributed by atoms with Gasteiger partial charge >= 0.3 is 5.97 Å². The highest BCUT2D eigenvalue weighted by atomic mass is 32.2. The molecule has 0 aromatic heterocycles. The summed E-state index contributed by atoms with van der Waals surface area (Å²) in [7, 11) is -2.90. The van der Waals surface area contributed by atoms with E-state index in [2.05, 4.69) is 4.90 Å². The number of hydrogen-bond donors (Lipinski definition) is 1. The first-order chi connectivity index (χ1) is 8.28. The third-order valence-electron chi connectivity index (χ3n) is 2.91.